The van der Waals surface area contributed by atoms with E-state index in [0.29, 0.717) is 18.1 Å². The van der Waals surface area contributed by atoms with Crippen LogP contribution in [0.15, 0.2) is 35.8 Å². The average Bonchev–Trinajstić information content (AvgIpc) is 3.29. The molecule has 0 unspecified atom stereocenters. The maximum Gasteiger partial charge on any atom is 0.408 e. The normalized spacial score (nSPS) is 16.3. The Morgan fingerprint density at radius 1 is 1.30 bits per heavy atom. The summed E-state index contributed by atoms with van der Waals surface area (Å²) < 4.78 is 0.960. The number of rotatable bonds is 1. The molecule has 0 bridgehead atoms. The van der Waals surface area contributed by atoms with Crippen LogP contribution in [0.4, 0.5) is 16.3 Å². The Hall–Kier alpha value is -3.24. The van der Waals surface area contributed by atoms with Crippen LogP contribution >= 0.6 is 11.3 Å². The van der Waals surface area contributed by atoms with Crippen LogP contribution in [0, 0.1) is 11.8 Å². The number of thiophene rings is 1. The molecule has 27 heavy (non-hydrogen) atoms. The molecule has 1 aliphatic rings. The van der Waals surface area contributed by atoms with Crippen molar-refractivity contribution in [3.05, 3.63) is 41.4 Å². The standard InChI is InChI=1S/C20H18N4O2S/c21-14-6-3-12(4-7-14)16-11-27-18-13(10-23-19(22)17(16)18)5-8-15-2-1-9-24(15)20(25)26/h3-4,6-7,10-11,15H,1-2,9,21H2,(H2,22,23)(H,25,26)/t15-/m0/s1. The first-order valence-electron chi connectivity index (χ1n) is 8.57. The Morgan fingerprint density at radius 3 is 2.81 bits per heavy atom. The summed E-state index contributed by atoms with van der Waals surface area (Å²) in [6.07, 6.45) is 2.33. The first-order valence-corrected chi connectivity index (χ1v) is 9.45. The number of pyridine rings is 1. The minimum absolute atomic E-state index is 0.272. The van der Waals surface area contributed by atoms with Gasteiger partial charge in [-0.2, -0.15) is 0 Å². The molecule has 3 aromatic rings. The summed E-state index contributed by atoms with van der Waals surface area (Å²) in [6, 6.07) is 7.35. The molecule has 136 valence electrons. The largest absolute Gasteiger partial charge is 0.465 e. The molecular weight excluding hydrogens is 360 g/mol. The molecule has 2 aromatic heterocycles. The number of benzene rings is 1. The van der Waals surface area contributed by atoms with Crippen molar-refractivity contribution in [3.63, 3.8) is 0 Å². The summed E-state index contributed by atoms with van der Waals surface area (Å²) in [6.45, 7) is 0.532. The summed E-state index contributed by atoms with van der Waals surface area (Å²) in [4.78, 5) is 17.0. The van der Waals surface area contributed by atoms with Crippen LogP contribution in [0.3, 0.4) is 0 Å². The number of nitrogens with zero attached hydrogens (tertiary/aromatic N) is 2. The molecule has 1 aromatic carbocycles. The maximum absolute atomic E-state index is 11.3. The molecule has 1 aliphatic heterocycles. The van der Waals surface area contributed by atoms with Gasteiger partial charge < -0.3 is 16.6 Å². The lowest BCUT2D eigenvalue weighted by atomic mass is 10.0. The van der Waals surface area contributed by atoms with Gasteiger partial charge in [-0.3, -0.25) is 4.90 Å². The van der Waals surface area contributed by atoms with Gasteiger partial charge in [0.1, 0.15) is 5.82 Å². The molecule has 1 atom stereocenters. The van der Waals surface area contributed by atoms with Crippen LogP contribution < -0.4 is 11.5 Å². The highest BCUT2D eigenvalue weighted by atomic mass is 32.1. The van der Waals surface area contributed by atoms with E-state index in [1.807, 2.05) is 29.6 Å². The Kier molecular flexibility index (Phi) is 4.34. The number of aromatic nitrogens is 1. The molecule has 1 amide bonds. The van der Waals surface area contributed by atoms with E-state index in [1.165, 1.54) is 4.90 Å². The highest BCUT2D eigenvalue weighted by Crippen LogP contribution is 2.38. The summed E-state index contributed by atoms with van der Waals surface area (Å²) >= 11 is 1.56. The minimum Gasteiger partial charge on any atom is -0.465 e. The van der Waals surface area contributed by atoms with Gasteiger partial charge in [-0.15, -0.1) is 11.3 Å². The second kappa shape index (κ2) is 6.82. The van der Waals surface area contributed by atoms with Crippen molar-refractivity contribution in [2.45, 2.75) is 18.9 Å². The number of hydrogen-bond acceptors (Lipinski definition) is 5. The molecule has 0 radical (unpaired) electrons. The monoisotopic (exact) mass is 378 g/mol. The van der Waals surface area contributed by atoms with Crippen molar-refractivity contribution >= 4 is 39.0 Å². The van der Waals surface area contributed by atoms with Gasteiger partial charge in [-0.25, -0.2) is 9.78 Å². The van der Waals surface area contributed by atoms with Crippen LogP contribution in [0.5, 0.6) is 0 Å². The number of carboxylic acid groups (broad SMARTS) is 1. The molecule has 1 fully saturated rings. The highest BCUT2D eigenvalue weighted by Gasteiger charge is 2.26. The lowest BCUT2D eigenvalue weighted by Gasteiger charge is -2.15. The van der Waals surface area contributed by atoms with Gasteiger partial charge in [-0.05, 0) is 35.9 Å². The quantitative estimate of drug-likeness (QED) is 0.443. The minimum atomic E-state index is -0.922. The number of carbonyl (C=O) groups is 1. The molecule has 4 rings (SSSR count). The molecule has 7 heteroatoms. The van der Waals surface area contributed by atoms with Crippen molar-refractivity contribution in [2.75, 3.05) is 18.0 Å². The fourth-order valence-electron chi connectivity index (χ4n) is 3.34. The fraction of sp³-hybridized carbons (Fsp3) is 0.200. The van der Waals surface area contributed by atoms with E-state index in [-0.39, 0.29) is 6.04 Å². The molecule has 0 spiro atoms. The Morgan fingerprint density at radius 2 is 2.07 bits per heavy atom. The van der Waals surface area contributed by atoms with Gasteiger partial charge >= 0.3 is 6.09 Å². The van der Waals surface area contributed by atoms with Crippen molar-refractivity contribution in [1.29, 1.82) is 0 Å². The van der Waals surface area contributed by atoms with E-state index >= 15 is 0 Å². The molecule has 6 nitrogen and oxygen atoms in total. The predicted molar refractivity (Wildman–Crippen MR) is 109 cm³/mol. The van der Waals surface area contributed by atoms with Gasteiger partial charge in [0, 0.05) is 29.4 Å². The number of hydrogen-bond donors (Lipinski definition) is 3. The first kappa shape index (κ1) is 17.2. The molecule has 0 aliphatic carbocycles. The van der Waals surface area contributed by atoms with E-state index < -0.39 is 6.09 Å². The van der Waals surface area contributed by atoms with Crippen LogP contribution in [0.25, 0.3) is 21.2 Å². The number of amides is 1. The van der Waals surface area contributed by atoms with Crippen LogP contribution in [0.2, 0.25) is 0 Å². The Balaban J connectivity index is 1.76. The zero-order chi connectivity index (χ0) is 19.0. The lowest BCUT2D eigenvalue weighted by molar-refractivity contribution is 0.148. The molecule has 5 N–H and O–H groups in total. The molecule has 0 saturated carbocycles. The predicted octanol–water partition coefficient (Wildman–Crippen LogP) is 3.62. The van der Waals surface area contributed by atoms with Gasteiger partial charge in [0.25, 0.3) is 0 Å². The van der Waals surface area contributed by atoms with Gasteiger partial charge in [-0.1, -0.05) is 24.0 Å². The average molecular weight is 378 g/mol. The number of anilines is 2. The zero-order valence-corrected chi connectivity index (χ0v) is 15.3. The van der Waals surface area contributed by atoms with E-state index in [0.717, 1.165) is 39.6 Å². The van der Waals surface area contributed by atoms with Gasteiger partial charge in [0.05, 0.1) is 16.3 Å². The fourth-order valence-corrected chi connectivity index (χ4v) is 4.39. The second-order valence-corrected chi connectivity index (χ2v) is 7.32. The third kappa shape index (κ3) is 3.15. The van der Waals surface area contributed by atoms with Crippen LogP contribution in [-0.2, 0) is 0 Å². The van der Waals surface area contributed by atoms with Crippen molar-refractivity contribution < 1.29 is 9.90 Å². The number of nitrogen functional groups attached to an aromatic ring is 2. The summed E-state index contributed by atoms with van der Waals surface area (Å²) in [5.74, 6) is 6.69. The SMILES string of the molecule is Nc1ccc(-c2csc3c(C#C[C@@H]4CCCN4C(=O)O)cnc(N)c23)cc1. The topological polar surface area (TPSA) is 105 Å². The third-order valence-electron chi connectivity index (χ3n) is 4.72. The van der Waals surface area contributed by atoms with Crippen molar-refractivity contribution in [3.8, 4) is 23.0 Å². The molecule has 1 saturated heterocycles. The van der Waals surface area contributed by atoms with E-state index in [1.54, 1.807) is 17.5 Å². The number of likely N-dealkylation sites (tertiary alicyclic amines) is 1. The summed E-state index contributed by atoms with van der Waals surface area (Å²) in [5, 5.41) is 12.2. The van der Waals surface area contributed by atoms with Crippen molar-refractivity contribution in [1.82, 2.24) is 9.88 Å². The van der Waals surface area contributed by atoms with Crippen LogP contribution in [0.1, 0.15) is 18.4 Å². The molecular formula is C20H18N4O2S. The lowest BCUT2D eigenvalue weighted by Crippen LogP contribution is -2.33. The Labute approximate surface area is 160 Å². The second-order valence-electron chi connectivity index (χ2n) is 6.44. The maximum atomic E-state index is 11.3. The molecule has 3 heterocycles. The van der Waals surface area contributed by atoms with E-state index in [4.69, 9.17) is 11.5 Å². The first-order chi connectivity index (χ1) is 13.0. The number of nitrogens with two attached hydrogens (primary N) is 2. The van der Waals surface area contributed by atoms with E-state index in [2.05, 4.69) is 16.8 Å². The van der Waals surface area contributed by atoms with E-state index in [9.17, 15) is 9.90 Å². The third-order valence-corrected chi connectivity index (χ3v) is 5.73. The van der Waals surface area contributed by atoms with Crippen molar-refractivity contribution in [2.24, 2.45) is 0 Å². The Bertz CT molecular complexity index is 1080. The van der Waals surface area contributed by atoms with Gasteiger partial charge in [0.15, 0.2) is 0 Å². The summed E-state index contributed by atoms with van der Waals surface area (Å²) in [5.41, 5.74) is 15.4. The zero-order valence-electron chi connectivity index (χ0n) is 14.5. The number of fused-ring (bicyclic) bond motifs is 1. The highest BCUT2D eigenvalue weighted by molar-refractivity contribution is 7.18. The smallest absolute Gasteiger partial charge is 0.408 e. The summed E-state index contributed by atoms with van der Waals surface area (Å²) in [7, 11) is 0. The van der Waals surface area contributed by atoms with Gasteiger partial charge in [0.2, 0.25) is 0 Å². The van der Waals surface area contributed by atoms with Crippen LogP contribution in [-0.4, -0.2) is 33.7 Å².